The van der Waals surface area contributed by atoms with Gasteiger partial charge < -0.3 is 9.64 Å². The third-order valence-electron chi connectivity index (χ3n) is 3.88. The molecule has 1 aliphatic rings. The largest absolute Gasteiger partial charge is 0.488 e. The van der Waals surface area contributed by atoms with Crippen LogP contribution in [0.2, 0.25) is 0 Å². The Morgan fingerprint density at radius 3 is 2.48 bits per heavy atom. The van der Waals surface area contributed by atoms with Gasteiger partial charge >= 0.3 is 0 Å². The van der Waals surface area contributed by atoms with Crippen molar-refractivity contribution in [2.75, 3.05) is 13.1 Å². The lowest BCUT2D eigenvalue weighted by atomic mass is 10.2. The Morgan fingerprint density at radius 2 is 1.83 bits per heavy atom. The molecule has 0 aromatic heterocycles. The first kappa shape index (κ1) is 16.4. The zero-order chi connectivity index (χ0) is 16.2. The summed E-state index contributed by atoms with van der Waals surface area (Å²) in [5, 5.41) is 0. The summed E-state index contributed by atoms with van der Waals surface area (Å²) in [4.78, 5) is 3.14. The summed E-state index contributed by atoms with van der Waals surface area (Å²) in [5.41, 5.74) is 1.96. The molecule has 0 N–H and O–H groups in total. The molecule has 2 aromatic rings. The fourth-order valence-corrected chi connectivity index (χ4v) is 3.40. The lowest BCUT2D eigenvalue weighted by molar-refractivity contribution is 0.304. The van der Waals surface area contributed by atoms with Crippen LogP contribution in [0.1, 0.15) is 24.0 Å². The Labute approximate surface area is 149 Å². The molecule has 0 radical (unpaired) electrons. The van der Waals surface area contributed by atoms with Gasteiger partial charge in [0.05, 0.1) is 4.47 Å². The highest BCUT2D eigenvalue weighted by Gasteiger charge is 2.17. The number of nitrogens with zero attached hydrogens (tertiary/aromatic N) is 1. The predicted molar refractivity (Wildman–Crippen MR) is 97.4 cm³/mol. The minimum atomic E-state index is -0.241. The van der Waals surface area contributed by atoms with E-state index >= 15 is 0 Å². The molecule has 0 spiro atoms. The zero-order valence-corrected chi connectivity index (χ0v) is 15.0. The molecule has 1 saturated heterocycles. The van der Waals surface area contributed by atoms with Crippen LogP contribution in [0.3, 0.4) is 0 Å². The van der Waals surface area contributed by atoms with Crippen molar-refractivity contribution in [3.8, 4) is 5.75 Å². The maximum Gasteiger partial charge on any atom is 0.134 e. The molecule has 5 heteroatoms. The second kappa shape index (κ2) is 7.41. The van der Waals surface area contributed by atoms with E-state index in [0.29, 0.717) is 6.61 Å². The van der Waals surface area contributed by atoms with E-state index in [1.54, 1.807) is 12.1 Å². The van der Waals surface area contributed by atoms with E-state index in [4.69, 9.17) is 17.0 Å². The molecule has 0 unspecified atom stereocenters. The third kappa shape index (κ3) is 4.09. The van der Waals surface area contributed by atoms with Crippen molar-refractivity contribution in [1.82, 2.24) is 4.90 Å². The van der Waals surface area contributed by atoms with Gasteiger partial charge in [0.2, 0.25) is 0 Å². The maximum atomic E-state index is 12.9. The van der Waals surface area contributed by atoms with Crippen LogP contribution in [0.15, 0.2) is 46.9 Å². The molecule has 120 valence electrons. The van der Waals surface area contributed by atoms with E-state index in [1.165, 1.54) is 25.0 Å². The molecule has 0 aliphatic carbocycles. The van der Waals surface area contributed by atoms with Crippen LogP contribution < -0.4 is 4.74 Å². The molecule has 0 bridgehead atoms. The molecule has 0 amide bonds. The van der Waals surface area contributed by atoms with E-state index < -0.39 is 0 Å². The first-order valence-electron chi connectivity index (χ1n) is 7.59. The van der Waals surface area contributed by atoms with Crippen LogP contribution in [0.4, 0.5) is 4.39 Å². The smallest absolute Gasteiger partial charge is 0.134 e. The van der Waals surface area contributed by atoms with Crippen molar-refractivity contribution >= 4 is 33.1 Å². The van der Waals surface area contributed by atoms with Gasteiger partial charge in [-0.3, -0.25) is 0 Å². The highest BCUT2D eigenvalue weighted by molar-refractivity contribution is 9.10. The van der Waals surface area contributed by atoms with Gasteiger partial charge in [-0.15, -0.1) is 0 Å². The number of likely N-dealkylation sites (tertiary alicyclic amines) is 1. The van der Waals surface area contributed by atoms with Crippen molar-refractivity contribution in [3.63, 3.8) is 0 Å². The van der Waals surface area contributed by atoms with E-state index in [-0.39, 0.29) is 5.82 Å². The number of ether oxygens (including phenoxy) is 1. The first-order chi connectivity index (χ1) is 11.1. The van der Waals surface area contributed by atoms with E-state index in [9.17, 15) is 4.39 Å². The van der Waals surface area contributed by atoms with E-state index in [2.05, 4.69) is 20.8 Å². The zero-order valence-electron chi connectivity index (χ0n) is 12.6. The van der Waals surface area contributed by atoms with Crippen LogP contribution in [0, 0.1) is 5.82 Å². The number of hydrogen-bond donors (Lipinski definition) is 0. The summed E-state index contributed by atoms with van der Waals surface area (Å²) in [5.74, 6) is 0.511. The van der Waals surface area contributed by atoms with Gasteiger partial charge in [-0.05, 0) is 64.7 Å². The van der Waals surface area contributed by atoms with Gasteiger partial charge in [-0.1, -0.05) is 24.4 Å². The average Bonchev–Trinajstić information content (AvgIpc) is 3.09. The molecular formula is C18H17BrFNOS. The van der Waals surface area contributed by atoms with Gasteiger partial charge in [0.15, 0.2) is 0 Å². The Hall–Kier alpha value is -1.46. The third-order valence-corrected chi connectivity index (χ3v) is 4.99. The normalized spacial score (nSPS) is 14.1. The number of rotatable bonds is 4. The minimum Gasteiger partial charge on any atom is -0.488 e. The van der Waals surface area contributed by atoms with Crippen LogP contribution >= 0.6 is 28.1 Å². The van der Waals surface area contributed by atoms with Crippen LogP contribution in [-0.2, 0) is 6.61 Å². The molecule has 2 aromatic carbocycles. The van der Waals surface area contributed by atoms with E-state index in [0.717, 1.165) is 39.4 Å². The van der Waals surface area contributed by atoms with Gasteiger partial charge in [-0.2, -0.15) is 0 Å². The SMILES string of the molecule is Fc1ccc(COc2ccc(C(=S)N3CCCC3)cc2Br)cc1. The number of hydrogen-bond acceptors (Lipinski definition) is 2. The van der Waals surface area contributed by atoms with Crippen molar-refractivity contribution in [3.05, 3.63) is 63.9 Å². The second-order valence-corrected chi connectivity index (χ2v) is 6.80. The monoisotopic (exact) mass is 393 g/mol. The van der Waals surface area contributed by atoms with Gasteiger partial charge in [0, 0.05) is 18.7 Å². The fraction of sp³-hybridized carbons (Fsp3) is 0.278. The van der Waals surface area contributed by atoms with Crippen molar-refractivity contribution in [2.24, 2.45) is 0 Å². The average molecular weight is 394 g/mol. The number of thiocarbonyl (C=S) groups is 1. The Morgan fingerprint density at radius 1 is 1.13 bits per heavy atom. The van der Waals surface area contributed by atoms with Gasteiger partial charge in [-0.25, -0.2) is 4.39 Å². The minimum absolute atomic E-state index is 0.241. The summed E-state index contributed by atoms with van der Waals surface area (Å²) in [6.07, 6.45) is 2.42. The van der Waals surface area contributed by atoms with Gasteiger partial charge in [0.1, 0.15) is 23.2 Å². The molecular weight excluding hydrogens is 377 g/mol. The summed E-state index contributed by atoms with van der Waals surface area (Å²) < 4.78 is 19.6. The van der Waals surface area contributed by atoms with E-state index in [1.807, 2.05) is 18.2 Å². The Balaban J connectivity index is 1.66. The Bertz CT molecular complexity index is 699. The first-order valence-corrected chi connectivity index (χ1v) is 8.80. The standard InChI is InChI=1S/C18H17BrFNOS/c19-16-11-14(18(23)21-9-1-2-10-21)5-8-17(16)22-12-13-3-6-15(20)7-4-13/h3-8,11H,1-2,9-10,12H2. The second-order valence-electron chi connectivity index (χ2n) is 5.56. The Kier molecular flexibility index (Phi) is 5.28. The van der Waals surface area contributed by atoms with Crippen LogP contribution in [0.5, 0.6) is 5.75 Å². The molecule has 23 heavy (non-hydrogen) atoms. The predicted octanol–water partition coefficient (Wildman–Crippen LogP) is 4.94. The highest BCUT2D eigenvalue weighted by atomic mass is 79.9. The van der Waals surface area contributed by atoms with Gasteiger partial charge in [0.25, 0.3) is 0 Å². The molecule has 3 rings (SSSR count). The van der Waals surface area contributed by atoms with Crippen molar-refractivity contribution < 1.29 is 9.13 Å². The molecule has 1 heterocycles. The number of halogens is 2. The topological polar surface area (TPSA) is 12.5 Å². The van der Waals surface area contributed by atoms with Crippen molar-refractivity contribution in [2.45, 2.75) is 19.4 Å². The summed E-state index contributed by atoms with van der Waals surface area (Å²) in [6.45, 7) is 2.48. The lowest BCUT2D eigenvalue weighted by Gasteiger charge is -2.19. The maximum absolute atomic E-state index is 12.9. The molecule has 0 saturated carbocycles. The van der Waals surface area contributed by atoms with Crippen LogP contribution in [-0.4, -0.2) is 23.0 Å². The van der Waals surface area contributed by atoms with Crippen LogP contribution in [0.25, 0.3) is 0 Å². The molecule has 0 atom stereocenters. The molecule has 2 nitrogen and oxygen atoms in total. The summed E-state index contributed by atoms with van der Waals surface area (Å²) >= 11 is 9.11. The molecule has 1 aliphatic heterocycles. The quantitative estimate of drug-likeness (QED) is 0.682. The lowest BCUT2D eigenvalue weighted by Crippen LogP contribution is -2.26. The molecule has 1 fully saturated rings. The summed E-state index contributed by atoms with van der Waals surface area (Å²) in [6, 6.07) is 12.2. The fourth-order valence-electron chi connectivity index (χ4n) is 2.60. The number of benzene rings is 2. The summed E-state index contributed by atoms with van der Waals surface area (Å²) in [7, 11) is 0. The van der Waals surface area contributed by atoms with Crippen molar-refractivity contribution in [1.29, 1.82) is 0 Å². The highest BCUT2D eigenvalue weighted by Crippen LogP contribution is 2.28.